The molecule has 1 aromatic carbocycles. The summed E-state index contributed by atoms with van der Waals surface area (Å²) in [5.41, 5.74) is 2.16. The highest BCUT2D eigenvalue weighted by Crippen LogP contribution is 2.16. The number of benzene rings is 1. The Hall–Kier alpha value is -1.10. The van der Waals surface area contributed by atoms with Crippen molar-refractivity contribution in [3.63, 3.8) is 0 Å². The van der Waals surface area contributed by atoms with E-state index in [0.29, 0.717) is 0 Å². The number of hydrogen-bond acceptors (Lipinski definition) is 3. The van der Waals surface area contributed by atoms with E-state index in [1.807, 2.05) is 36.4 Å². The van der Waals surface area contributed by atoms with Crippen LogP contribution >= 0.6 is 15.9 Å². The van der Waals surface area contributed by atoms with Crippen molar-refractivity contribution in [2.45, 2.75) is 19.7 Å². The van der Waals surface area contributed by atoms with Gasteiger partial charge in [-0.15, -0.1) is 0 Å². The van der Waals surface area contributed by atoms with Gasteiger partial charge in [-0.3, -0.25) is 4.90 Å². The third-order valence-corrected chi connectivity index (χ3v) is 3.14. The molecule has 0 fully saturated rings. The lowest BCUT2D eigenvalue weighted by Gasteiger charge is -2.15. The average molecular weight is 310 g/mol. The Bertz CT molecular complexity index is 493. The molecule has 0 saturated heterocycles. The van der Waals surface area contributed by atoms with E-state index >= 15 is 0 Å². The maximum Gasteiger partial charge on any atom is 0.169 e. The Balaban J connectivity index is 1.91. The SMILES string of the molecule is CN(Cc1ccc(CO)cc1)Cc1ccc(Br)o1. The van der Waals surface area contributed by atoms with Crippen molar-refractivity contribution in [1.29, 1.82) is 0 Å². The predicted molar refractivity (Wildman–Crippen MR) is 73.9 cm³/mol. The van der Waals surface area contributed by atoms with Crippen LogP contribution in [0, 0.1) is 0 Å². The molecule has 3 nitrogen and oxygen atoms in total. The first-order valence-electron chi connectivity index (χ1n) is 5.79. The van der Waals surface area contributed by atoms with E-state index in [0.717, 1.165) is 29.1 Å². The molecule has 1 N–H and O–H groups in total. The highest BCUT2D eigenvalue weighted by atomic mass is 79.9. The van der Waals surface area contributed by atoms with Gasteiger partial charge < -0.3 is 9.52 Å². The van der Waals surface area contributed by atoms with Crippen molar-refractivity contribution >= 4 is 15.9 Å². The summed E-state index contributed by atoms with van der Waals surface area (Å²) in [4.78, 5) is 2.18. The Morgan fingerprint density at radius 2 is 1.72 bits per heavy atom. The number of halogens is 1. The molecule has 0 aliphatic heterocycles. The monoisotopic (exact) mass is 309 g/mol. The molecule has 18 heavy (non-hydrogen) atoms. The van der Waals surface area contributed by atoms with Crippen LogP contribution in [0.15, 0.2) is 45.5 Å². The van der Waals surface area contributed by atoms with Gasteiger partial charge in [-0.05, 0) is 46.2 Å². The molecule has 0 atom stereocenters. The van der Waals surface area contributed by atoms with E-state index in [4.69, 9.17) is 9.52 Å². The summed E-state index contributed by atoms with van der Waals surface area (Å²) in [6, 6.07) is 11.9. The third-order valence-electron chi connectivity index (χ3n) is 2.71. The van der Waals surface area contributed by atoms with E-state index in [9.17, 15) is 0 Å². The molecule has 2 rings (SSSR count). The lowest BCUT2D eigenvalue weighted by atomic mass is 10.1. The van der Waals surface area contributed by atoms with Crippen LogP contribution in [0.25, 0.3) is 0 Å². The topological polar surface area (TPSA) is 36.6 Å². The number of furan rings is 1. The normalized spacial score (nSPS) is 11.1. The summed E-state index contributed by atoms with van der Waals surface area (Å²) in [7, 11) is 2.05. The highest BCUT2D eigenvalue weighted by Gasteiger charge is 2.05. The molecule has 4 heteroatoms. The van der Waals surface area contributed by atoms with E-state index < -0.39 is 0 Å². The summed E-state index contributed by atoms with van der Waals surface area (Å²) in [6.07, 6.45) is 0. The number of aliphatic hydroxyl groups is 1. The van der Waals surface area contributed by atoms with Crippen molar-refractivity contribution in [3.8, 4) is 0 Å². The van der Waals surface area contributed by atoms with Crippen LogP contribution in [0.3, 0.4) is 0 Å². The first-order chi connectivity index (χ1) is 8.67. The van der Waals surface area contributed by atoms with Crippen LogP contribution in [0.4, 0.5) is 0 Å². The molecule has 96 valence electrons. The standard InChI is InChI=1S/C14H16BrNO2/c1-16(9-13-6-7-14(15)18-13)8-11-2-4-12(10-17)5-3-11/h2-7,17H,8-10H2,1H3. The molecular weight excluding hydrogens is 294 g/mol. The zero-order chi connectivity index (χ0) is 13.0. The molecule has 0 bridgehead atoms. The first-order valence-corrected chi connectivity index (χ1v) is 6.58. The fourth-order valence-corrected chi connectivity index (χ4v) is 2.16. The molecule has 0 amide bonds. The minimum Gasteiger partial charge on any atom is -0.453 e. The molecule has 2 aromatic rings. The Morgan fingerprint density at radius 1 is 1.06 bits per heavy atom. The molecule has 1 aromatic heterocycles. The lowest BCUT2D eigenvalue weighted by molar-refractivity contribution is 0.280. The van der Waals surface area contributed by atoms with Crippen molar-refractivity contribution in [2.24, 2.45) is 0 Å². The van der Waals surface area contributed by atoms with E-state index in [-0.39, 0.29) is 6.61 Å². The third kappa shape index (κ3) is 3.70. The Labute approximate surface area is 115 Å². The first kappa shape index (κ1) is 13.3. The number of aliphatic hydroxyl groups excluding tert-OH is 1. The van der Waals surface area contributed by atoms with Crippen LogP contribution in [-0.4, -0.2) is 17.1 Å². The molecule has 0 spiro atoms. The second-order valence-corrected chi connectivity index (χ2v) is 5.13. The van der Waals surface area contributed by atoms with Crippen molar-refractivity contribution < 1.29 is 9.52 Å². The largest absolute Gasteiger partial charge is 0.453 e. The summed E-state index contributed by atoms with van der Waals surface area (Å²) in [6.45, 7) is 1.72. The van der Waals surface area contributed by atoms with Gasteiger partial charge in [0.2, 0.25) is 0 Å². The number of hydrogen-bond donors (Lipinski definition) is 1. The summed E-state index contributed by atoms with van der Waals surface area (Å²) < 4.78 is 6.23. The fraction of sp³-hybridized carbons (Fsp3) is 0.286. The van der Waals surface area contributed by atoms with E-state index in [1.165, 1.54) is 5.56 Å². The molecule has 0 saturated carbocycles. The van der Waals surface area contributed by atoms with Crippen molar-refractivity contribution in [3.05, 3.63) is 58.0 Å². The van der Waals surface area contributed by atoms with Gasteiger partial charge in [0.15, 0.2) is 4.67 Å². The van der Waals surface area contributed by atoms with Crippen LogP contribution in [0.2, 0.25) is 0 Å². The average Bonchev–Trinajstić information content (AvgIpc) is 2.75. The van der Waals surface area contributed by atoms with Crippen molar-refractivity contribution in [1.82, 2.24) is 4.90 Å². The lowest BCUT2D eigenvalue weighted by Crippen LogP contribution is -2.16. The summed E-state index contributed by atoms with van der Waals surface area (Å²) in [5, 5.41) is 8.98. The molecule has 0 radical (unpaired) electrons. The van der Waals surface area contributed by atoms with Crippen LogP contribution in [-0.2, 0) is 19.7 Å². The zero-order valence-electron chi connectivity index (χ0n) is 10.3. The number of nitrogens with zero attached hydrogens (tertiary/aromatic N) is 1. The zero-order valence-corrected chi connectivity index (χ0v) is 11.9. The van der Waals surface area contributed by atoms with Gasteiger partial charge in [0.25, 0.3) is 0 Å². The van der Waals surface area contributed by atoms with Crippen LogP contribution in [0.5, 0.6) is 0 Å². The maximum atomic E-state index is 8.98. The summed E-state index contributed by atoms with van der Waals surface area (Å²) >= 11 is 3.30. The maximum absolute atomic E-state index is 8.98. The van der Waals surface area contributed by atoms with E-state index in [1.54, 1.807) is 0 Å². The number of rotatable bonds is 5. The fourth-order valence-electron chi connectivity index (χ4n) is 1.82. The minimum absolute atomic E-state index is 0.0938. The highest BCUT2D eigenvalue weighted by molar-refractivity contribution is 9.10. The minimum atomic E-state index is 0.0938. The van der Waals surface area contributed by atoms with Gasteiger partial charge in [-0.25, -0.2) is 0 Å². The molecule has 1 heterocycles. The summed E-state index contributed by atoms with van der Waals surface area (Å²) in [5.74, 6) is 0.941. The quantitative estimate of drug-likeness (QED) is 0.921. The second-order valence-electron chi connectivity index (χ2n) is 4.35. The second kappa shape index (κ2) is 6.18. The van der Waals surface area contributed by atoms with Gasteiger partial charge in [-0.1, -0.05) is 24.3 Å². The Morgan fingerprint density at radius 3 is 2.28 bits per heavy atom. The van der Waals surface area contributed by atoms with Gasteiger partial charge in [-0.2, -0.15) is 0 Å². The molecule has 0 aliphatic carbocycles. The van der Waals surface area contributed by atoms with Crippen LogP contribution < -0.4 is 0 Å². The van der Waals surface area contributed by atoms with Gasteiger partial charge >= 0.3 is 0 Å². The van der Waals surface area contributed by atoms with Crippen LogP contribution in [0.1, 0.15) is 16.9 Å². The molecular formula is C14H16BrNO2. The molecule has 0 aliphatic rings. The van der Waals surface area contributed by atoms with Gasteiger partial charge in [0.1, 0.15) is 5.76 Å². The van der Waals surface area contributed by atoms with E-state index in [2.05, 4.69) is 27.9 Å². The Kier molecular flexibility index (Phi) is 4.58. The van der Waals surface area contributed by atoms with Crippen molar-refractivity contribution in [2.75, 3.05) is 7.05 Å². The predicted octanol–water partition coefficient (Wildman–Crippen LogP) is 3.17. The smallest absolute Gasteiger partial charge is 0.169 e. The van der Waals surface area contributed by atoms with Gasteiger partial charge in [0.05, 0.1) is 13.2 Å². The molecule has 0 unspecified atom stereocenters. The van der Waals surface area contributed by atoms with Gasteiger partial charge in [0, 0.05) is 6.54 Å².